The molecule has 0 aromatic rings. The number of likely N-dealkylation sites (N-methyl/N-ethyl adjacent to an activating group) is 2. The molecular weight excluding hydrogens is 398 g/mol. The van der Waals surface area contributed by atoms with E-state index in [9.17, 15) is 28.8 Å². The number of carbonyl (C=O) groups excluding carboxylic acids is 6. The van der Waals surface area contributed by atoms with Crippen LogP contribution in [0.15, 0.2) is 0 Å². The Balaban J connectivity index is 4.89. The van der Waals surface area contributed by atoms with Crippen molar-refractivity contribution in [2.75, 3.05) is 53.0 Å². The molecule has 0 radical (unpaired) electrons. The quantitative estimate of drug-likeness (QED) is 0.185. The Bertz CT molecular complexity index is 640. The van der Waals surface area contributed by atoms with E-state index in [1.807, 2.05) is 0 Å². The van der Waals surface area contributed by atoms with Gasteiger partial charge in [0.15, 0.2) is 0 Å². The molecule has 0 aromatic carbocycles. The van der Waals surface area contributed by atoms with Gasteiger partial charge in [-0.05, 0) is 6.92 Å². The van der Waals surface area contributed by atoms with Crippen LogP contribution in [0.25, 0.3) is 0 Å². The van der Waals surface area contributed by atoms with Crippen molar-refractivity contribution in [3.05, 3.63) is 0 Å². The van der Waals surface area contributed by atoms with E-state index in [2.05, 4.69) is 21.3 Å². The molecule has 0 atom stereocenters. The lowest BCUT2D eigenvalue weighted by atomic mass is 10.3. The molecule has 0 rings (SSSR count). The Hall–Kier alpha value is -3.22. The lowest BCUT2D eigenvalue weighted by Crippen LogP contribution is -2.51. The average Bonchev–Trinajstić information content (AvgIpc) is 2.73. The average molecular weight is 429 g/mol. The minimum Gasteiger partial charge on any atom is -0.358 e. The molecule has 0 aliphatic rings. The minimum absolute atomic E-state index is 0.102. The molecule has 6 amide bonds. The summed E-state index contributed by atoms with van der Waals surface area (Å²) in [5.41, 5.74) is 5.20. The van der Waals surface area contributed by atoms with E-state index in [-0.39, 0.29) is 32.7 Å². The minimum atomic E-state index is -0.655. The zero-order valence-corrected chi connectivity index (χ0v) is 17.6. The zero-order chi connectivity index (χ0) is 23.1. The second-order valence-electron chi connectivity index (χ2n) is 6.06. The third-order valence-corrected chi connectivity index (χ3v) is 3.75. The van der Waals surface area contributed by atoms with Crippen molar-refractivity contribution in [2.45, 2.75) is 20.3 Å². The van der Waals surface area contributed by atoms with Gasteiger partial charge in [-0.15, -0.1) is 0 Å². The van der Waals surface area contributed by atoms with Crippen LogP contribution in [-0.4, -0.2) is 98.2 Å². The topological polar surface area (TPSA) is 183 Å². The number of carbonyl (C=O) groups is 6. The van der Waals surface area contributed by atoms with Crippen molar-refractivity contribution in [2.24, 2.45) is 5.73 Å². The molecular formula is C17H31N7O6. The molecule has 13 heteroatoms. The van der Waals surface area contributed by atoms with Crippen LogP contribution in [0.4, 0.5) is 0 Å². The van der Waals surface area contributed by atoms with E-state index < -0.39 is 48.5 Å². The van der Waals surface area contributed by atoms with Crippen LogP contribution in [0.1, 0.15) is 20.3 Å². The second kappa shape index (κ2) is 14.7. The smallest absolute Gasteiger partial charge is 0.243 e. The fourth-order valence-electron chi connectivity index (χ4n) is 2.14. The molecule has 0 aromatic heterocycles. The van der Waals surface area contributed by atoms with Gasteiger partial charge in [-0.25, -0.2) is 0 Å². The Morgan fingerprint density at radius 2 is 1.30 bits per heavy atom. The first kappa shape index (κ1) is 26.8. The third kappa shape index (κ3) is 10.9. The van der Waals surface area contributed by atoms with Crippen molar-refractivity contribution in [3.8, 4) is 0 Å². The first-order valence-electron chi connectivity index (χ1n) is 9.44. The summed E-state index contributed by atoms with van der Waals surface area (Å²) in [5, 5.41) is 9.62. The summed E-state index contributed by atoms with van der Waals surface area (Å²) in [6.07, 6.45) is 0.102. The lowest BCUT2D eigenvalue weighted by Gasteiger charge is -2.23. The summed E-state index contributed by atoms with van der Waals surface area (Å²) >= 11 is 0. The fourth-order valence-corrected chi connectivity index (χ4v) is 2.14. The highest BCUT2D eigenvalue weighted by molar-refractivity contribution is 5.91. The molecule has 0 fully saturated rings. The standard InChI is InChI=1S/C17H31N7O6/c1-4-16(29)23(8-13(26)19-3)9-15(28)21-7-17(30)24(10-14(27)20-5-2)11-22-12(25)6-18/h4-11,18H2,1-3H3,(H,19,26)(H,20,27)(H,21,28)(H,22,25). The van der Waals surface area contributed by atoms with Crippen LogP contribution in [-0.2, 0) is 28.8 Å². The molecule has 0 saturated heterocycles. The summed E-state index contributed by atoms with van der Waals surface area (Å²) < 4.78 is 0. The molecule has 170 valence electrons. The molecule has 0 spiro atoms. The highest BCUT2D eigenvalue weighted by Gasteiger charge is 2.21. The SMILES string of the molecule is CCNC(=O)CN(CNC(=O)CN)C(=O)CNC(=O)CN(CC(=O)NC)C(=O)CC. The number of nitrogens with two attached hydrogens (primary N) is 1. The van der Waals surface area contributed by atoms with Crippen LogP contribution < -0.4 is 27.0 Å². The van der Waals surface area contributed by atoms with Gasteiger partial charge in [0.25, 0.3) is 0 Å². The molecule has 0 aliphatic carbocycles. The van der Waals surface area contributed by atoms with Gasteiger partial charge in [0.2, 0.25) is 35.4 Å². The summed E-state index contributed by atoms with van der Waals surface area (Å²) in [4.78, 5) is 73.2. The van der Waals surface area contributed by atoms with Gasteiger partial charge in [-0.2, -0.15) is 0 Å². The van der Waals surface area contributed by atoms with Crippen molar-refractivity contribution >= 4 is 35.4 Å². The predicted molar refractivity (Wildman–Crippen MR) is 106 cm³/mol. The van der Waals surface area contributed by atoms with Crippen molar-refractivity contribution in [1.29, 1.82) is 0 Å². The summed E-state index contributed by atoms with van der Waals surface area (Å²) in [7, 11) is 1.41. The van der Waals surface area contributed by atoms with Crippen LogP contribution in [0.2, 0.25) is 0 Å². The van der Waals surface area contributed by atoms with E-state index in [0.29, 0.717) is 6.54 Å². The van der Waals surface area contributed by atoms with E-state index in [1.54, 1.807) is 13.8 Å². The Kier molecular flexibility index (Phi) is 13.2. The van der Waals surface area contributed by atoms with Gasteiger partial charge in [-0.1, -0.05) is 6.92 Å². The van der Waals surface area contributed by atoms with E-state index in [1.165, 1.54) is 7.05 Å². The van der Waals surface area contributed by atoms with Gasteiger partial charge < -0.3 is 36.8 Å². The van der Waals surface area contributed by atoms with Crippen molar-refractivity contribution < 1.29 is 28.8 Å². The number of amides is 6. The van der Waals surface area contributed by atoms with Crippen LogP contribution in [0.3, 0.4) is 0 Å². The molecule has 6 N–H and O–H groups in total. The van der Waals surface area contributed by atoms with Crippen LogP contribution >= 0.6 is 0 Å². The zero-order valence-electron chi connectivity index (χ0n) is 17.6. The monoisotopic (exact) mass is 429 g/mol. The fraction of sp³-hybridized carbons (Fsp3) is 0.647. The van der Waals surface area contributed by atoms with Crippen molar-refractivity contribution in [3.63, 3.8) is 0 Å². The molecule has 13 nitrogen and oxygen atoms in total. The summed E-state index contributed by atoms with van der Waals surface area (Å²) in [6, 6.07) is 0. The summed E-state index contributed by atoms with van der Waals surface area (Å²) in [5.74, 6) is -3.09. The number of rotatable bonds is 13. The first-order valence-corrected chi connectivity index (χ1v) is 9.44. The molecule has 30 heavy (non-hydrogen) atoms. The van der Waals surface area contributed by atoms with Gasteiger partial charge in [-0.3, -0.25) is 28.8 Å². The maximum Gasteiger partial charge on any atom is 0.243 e. The van der Waals surface area contributed by atoms with E-state index in [4.69, 9.17) is 5.73 Å². The Labute approximate surface area is 175 Å². The van der Waals surface area contributed by atoms with Crippen LogP contribution in [0, 0.1) is 0 Å². The highest BCUT2D eigenvalue weighted by atomic mass is 16.2. The number of hydrogen-bond donors (Lipinski definition) is 5. The van der Waals surface area contributed by atoms with E-state index >= 15 is 0 Å². The molecule has 0 heterocycles. The lowest BCUT2D eigenvalue weighted by molar-refractivity contribution is -0.140. The largest absolute Gasteiger partial charge is 0.358 e. The molecule has 0 aliphatic heterocycles. The number of nitrogens with one attached hydrogen (secondary N) is 4. The molecule has 0 bridgehead atoms. The van der Waals surface area contributed by atoms with Gasteiger partial charge >= 0.3 is 0 Å². The third-order valence-electron chi connectivity index (χ3n) is 3.75. The van der Waals surface area contributed by atoms with Gasteiger partial charge in [0.05, 0.1) is 19.8 Å². The number of nitrogens with zero attached hydrogens (tertiary/aromatic N) is 2. The normalized spacial score (nSPS) is 9.87. The number of hydrogen-bond acceptors (Lipinski definition) is 7. The maximum atomic E-state index is 12.4. The Morgan fingerprint density at radius 3 is 1.83 bits per heavy atom. The maximum absolute atomic E-state index is 12.4. The first-order chi connectivity index (χ1) is 14.2. The summed E-state index contributed by atoms with van der Waals surface area (Å²) in [6.45, 7) is 1.62. The molecule has 0 unspecified atom stereocenters. The predicted octanol–water partition coefficient (Wildman–Crippen LogP) is -3.92. The van der Waals surface area contributed by atoms with E-state index in [0.717, 1.165) is 9.80 Å². The van der Waals surface area contributed by atoms with Gasteiger partial charge in [0.1, 0.15) is 19.6 Å². The van der Waals surface area contributed by atoms with Crippen LogP contribution in [0.5, 0.6) is 0 Å². The van der Waals surface area contributed by atoms with Gasteiger partial charge in [0, 0.05) is 20.0 Å². The Morgan fingerprint density at radius 1 is 0.733 bits per heavy atom. The highest BCUT2D eigenvalue weighted by Crippen LogP contribution is 1.95. The molecule has 0 saturated carbocycles. The van der Waals surface area contributed by atoms with Crippen molar-refractivity contribution in [1.82, 2.24) is 31.1 Å². The second-order valence-corrected chi connectivity index (χ2v) is 6.06.